The van der Waals surface area contributed by atoms with Crippen LogP contribution >= 0.6 is 22.9 Å². The zero-order valence-corrected chi connectivity index (χ0v) is 17.2. The van der Waals surface area contributed by atoms with Gasteiger partial charge in [-0.15, -0.1) is 0 Å². The van der Waals surface area contributed by atoms with E-state index in [-0.39, 0.29) is 5.82 Å². The second-order valence-electron chi connectivity index (χ2n) is 7.18. The third-order valence-electron chi connectivity index (χ3n) is 5.46. The fraction of sp³-hybridized carbons (Fsp3) is 0.130. The molecule has 3 nitrogen and oxygen atoms in total. The molecule has 0 fully saturated rings. The quantitative estimate of drug-likeness (QED) is 0.381. The summed E-state index contributed by atoms with van der Waals surface area (Å²) in [5.74, 6) is -0.245. The molecule has 4 aromatic rings. The van der Waals surface area contributed by atoms with Crippen molar-refractivity contribution in [1.29, 1.82) is 0 Å². The first-order valence-electron chi connectivity index (χ1n) is 9.16. The fourth-order valence-electron chi connectivity index (χ4n) is 3.92. The normalized spacial score (nSPS) is 16.6. The lowest BCUT2D eigenvalue weighted by atomic mass is 10.0. The minimum absolute atomic E-state index is 0.245. The molecule has 0 aliphatic carbocycles. The van der Waals surface area contributed by atoms with Gasteiger partial charge in [-0.2, -0.15) is 0 Å². The van der Waals surface area contributed by atoms with E-state index in [0.717, 1.165) is 33.2 Å². The van der Waals surface area contributed by atoms with Gasteiger partial charge in [0.1, 0.15) is 12.0 Å². The fourth-order valence-corrected chi connectivity index (χ4v) is 4.50. The van der Waals surface area contributed by atoms with Crippen LogP contribution in [0.25, 0.3) is 22.0 Å². The predicted molar refractivity (Wildman–Crippen MR) is 117 cm³/mol. The molecule has 140 valence electrons. The van der Waals surface area contributed by atoms with Crippen molar-refractivity contribution in [2.45, 2.75) is 19.3 Å². The molecule has 0 amide bonds. The smallest absolute Gasteiger partial charge is 0.134 e. The lowest BCUT2D eigenvalue weighted by molar-refractivity contribution is 0.00707. The van der Waals surface area contributed by atoms with Crippen LogP contribution in [0.5, 0.6) is 0 Å². The van der Waals surface area contributed by atoms with Gasteiger partial charge >= 0.3 is 0 Å². The molecular weight excluding hydrogens is 466 g/mol. The molecule has 1 aliphatic rings. The van der Waals surface area contributed by atoms with Gasteiger partial charge in [-0.1, -0.05) is 48.5 Å². The molecule has 5 heteroatoms. The number of rotatable bonds is 3. The summed E-state index contributed by atoms with van der Waals surface area (Å²) in [7, 11) is 0. The first-order valence-corrected chi connectivity index (χ1v) is 10.1. The Bertz CT molecular complexity index is 1190. The van der Waals surface area contributed by atoms with Crippen LogP contribution in [-0.4, -0.2) is 12.8 Å². The van der Waals surface area contributed by atoms with Crippen molar-refractivity contribution < 1.29 is 9.50 Å². The number of fused-ring (bicyclic) bond motifs is 2. The van der Waals surface area contributed by atoms with Crippen LogP contribution in [-0.2, 0) is 13.1 Å². The van der Waals surface area contributed by atoms with Gasteiger partial charge in [0.2, 0.25) is 0 Å². The highest BCUT2D eigenvalue weighted by atomic mass is 127. The van der Waals surface area contributed by atoms with E-state index in [1.807, 2.05) is 56.3 Å². The first kappa shape index (κ1) is 17.8. The van der Waals surface area contributed by atoms with Crippen LogP contribution in [0.4, 0.5) is 4.39 Å². The zero-order valence-electron chi connectivity index (χ0n) is 15.0. The van der Waals surface area contributed by atoms with E-state index >= 15 is 0 Å². The highest BCUT2D eigenvalue weighted by Gasteiger charge is 2.28. The molecule has 0 spiro atoms. The Labute approximate surface area is 176 Å². The van der Waals surface area contributed by atoms with Gasteiger partial charge in [-0.3, -0.25) is 7.68 Å². The summed E-state index contributed by atoms with van der Waals surface area (Å²) in [6.07, 6.45) is 1.33. The minimum Gasteiger partial charge on any atom is -0.374 e. The summed E-state index contributed by atoms with van der Waals surface area (Å²) in [6, 6.07) is 21.4. The molecule has 1 aliphatic heterocycles. The molecule has 28 heavy (non-hydrogen) atoms. The summed E-state index contributed by atoms with van der Waals surface area (Å²) in [5.41, 5.74) is 5.56. The highest BCUT2D eigenvalue weighted by Crippen LogP contribution is 2.34. The molecule has 0 saturated heterocycles. The lowest BCUT2D eigenvalue weighted by Gasteiger charge is -2.21. The molecule has 0 saturated carbocycles. The third kappa shape index (κ3) is 3.03. The second kappa shape index (κ2) is 6.99. The Hall–Kier alpha value is -2.22. The van der Waals surface area contributed by atoms with Crippen molar-refractivity contribution in [2.24, 2.45) is 0 Å². The van der Waals surface area contributed by atoms with E-state index in [1.54, 1.807) is 6.07 Å². The standard InChI is InChI=1S/C23H18FIN2O/c24-21-11-16(17-6-5-15-9-10-27(25)22(15)12-17)7-8-19(21)14-26-13-18-3-1-2-4-20(18)23(26)28/h1-12,23,28H,13-14H2. The summed E-state index contributed by atoms with van der Waals surface area (Å²) < 4.78 is 16.9. The molecule has 3 aromatic carbocycles. The van der Waals surface area contributed by atoms with E-state index in [2.05, 4.69) is 41.1 Å². The summed E-state index contributed by atoms with van der Waals surface area (Å²) in [6.45, 7) is 0.999. The van der Waals surface area contributed by atoms with E-state index in [0.29, 0.717) is 18.7 Å². The average Bonchev–Trinajstić information content (AvgIpc) is 3.24. The van der Waals surface area contributed by atoms with Crippen LogP contribution in [0.1, 0.15) is 22.9 Å². The Morgan fingerprint density at radius 2 is 1.79 bits per heavy atom. The highest BCUT2D eigenvalue weighted by molar-refractivity contribution is 14.1. The predicted octanol–water partition coefficient (Wildman–Crippen LogP) is 5.65. The summed E-state index contributed by atoms with van der Waals surface area (Å²) in [4.78, 5) is 1.89. The number of halogens is 2. The number of nitrogens with zero attached hydrogens (tertiary/aromatic N) is 2. The number of aliphatic hydroxyl groups excluding tert-OH is 1. The molecule has 5 rings (SSSR count). The van der Waals surface area contributed by atoms with Crippen LogP contribution in [0.2, 0.25) is 0 Å². The lowest BCUT2D eigenvalue weighted by Crippen LogP contribution is -2.21. The zero-order chi connectivity index (χ0) is 19.3. The Morgan fingerprint density at radius 1 is 1.00 bits per heavy atom. The molecule has 1 aromatic heterocycles. The monoisotopic (exact) mass is 484 g/mol. The van der Waals surface area contributed by atoms with E-state index in [9.17, 15) is 9.50 Å². The number of hydrogen-bond acceptors (Lipinski definition) is 2. The molecule has 2 heterocycles. The minimum atomic E-state index is -0.686. The number of benzene rings is 3. The van der Waals surface area contributed by atoms with Crippen molar-refractivity contribution in [3.8, 4) is 11.1 Å². The van der Waals surface area contributed by atoms with Gasteiger partial charge < -0.3 is 5.11 Å². The van der Waals surface area contributed by atoms with Gasteiger partial charge in [0.05, 0.1) is 28.4 Å². The SMILES string of the molecule is OC1c2ccccc2CN1Cc1ccc(-c2ccc3ccn(I)c3c2)cc1F. The maximum atomic E-state index is 14.9. The Morgan fingerprint density at radius 3 is 2.61 bits per heavy atom. The molecule has 0 radical (unpaired) electrons. The van der Waals surface area contributed by atoms with Crippen LogP contribution in [0, 0.1) is 5.82 Å². The van der Waals surface area contributed by atoms with Gasteiger partial charge in [0.15, 0.2) is 0 Å². The van der Waals surface area contributed by atoms with Crippen molar-refractivity contribution in [3.63, 3.8) is 0 Å². The largest absolute Gasteiger partial charge is 0.374 e. The second-order valence-corrected chi connectivity index (χ2v) is 8.22. The van der Waals surface area contributed by atoms with Crippen molar-refractivity contribution in [1.82, 2.24) is 7.68 Å². The van der Waals surface area contributed by atoms with Gasteiger partial charge in [0, 0.05) is 30.2 Å². The van der Waals surface area contributed by atoms with E-state index in [4.69, 9.17) is 0 Å². The van der Waals surface area contributed by atoms with Crippen molar-refractivity contribution in [3.05, 3.63) is 95.4 Å². The summed E-state index contributed by atoms with van der Waals surface area (Å²) >= 11 is 2.24. The average molecular weight is 484 g/mol. The van der Waals surface area contributed by atoms with E-state index < -0.39 is 6.23 Å². The van der Waals surface area contributed by atoms with Gasteiger partial charge in [0.25, 0.3) is 0 Å². The number of aliphatic hydroxyl groups is 1. The summed E-state index contributed by atoms with van der Waals surface area (Å²) in [5, 5.41) is 11.7. The maximum absolute atomic E-state index is 14.9. The van der Waals surface area contributed by atoms with Crippen molar-refractivity contribution >= 4 is 33.8 Å². The van der Waals surface area contributed by atoms with Crippen LogP contribution < -0.4 is 0 Å². The molecule has 1 N–H and O–H groups in total. The van der Waals surface area contributed by atoms with Gasteiger partial charge in [-0.25, -0.2) is 4.39 Å². The maximum Gasteiger partial charge on any atom is 0.134 e. The third-order valence-corrected chi connectivity index (χ3v) is 6.30. The topological polar surface area (TPSA) is 28.4 Å². The Kier molecular flexibility index (Phi) is 4.45. The van der Waals surface area contributed by atoms with Gasteiger partial charge in [-0.05, 0) is 40.5 Å². The molecule has 1 unspecified atom stereocenters. The number of aromatic nitrogens is 1. The Balaban J connectivity index is 1.41. The molecular formula is C23H18FIN2O. The van der Waals surface area contributed by atoms with Crippen molar-refractivity contribution in [2.75, 3.05) is 0 Å². The van der Waals surface area contributed by atoms with E-state index in [1.165, 1.54) is 0 Å². The molecule has 0 bridgehead atoms. The van der Waals surface area contributed by atoms with Crippen LogP contribution in [0.3, 0.4) is 0 Å². The first-order chi connectivity index (χ1) is 13.6. The number of hydrogen-bond donors (Lipinski definition) is 1. The molecule has 1 atom stereocenters. The van der Waals surface area contributed by atoms with Crippen LogP contribution in [0.15, 0.2) is 72.9 Å².